The number of para-hydroxylation sites is 1. The van der Waals surface area contributed by atoms with Crippen LogP contribution in [0.5, 0.6) is 0 Å². The van der Waals surface area contributed by atoms with Crippen LogP contribution in [0.4, 0.5) is 5.69 Å². The average molecular weight is 416 g/mol. The van der Waals surface area contributed by atoms with Gasteiger partial charge < -0.3 is 17.7 Å². The molecule has 1 amide bonds. The summed E-state index contributed by atoms with van der Waals surface area (Å²) in [5.41, 5.74) is 5.34. The van der Waals surface area contributed by atoms with Crippen LogP contribution in [0.15, 0.2) is 48.7 Å². The number of nitrogens with one attached hydrogen (secondary N) is 1. The third-order valence-corrected chi connectivity index (χ3v) is 5.45. The minimum atomic E-state index is 0. The fraction of sp³-hybridized carbons (Fsp3) is 0.273. The smallest absolute Gasteiger partial charge is 0.266 e. The number of fused-ring (bicyclic) bond motifs is 1. The highest BCUT2D eigenvalue weighted by atomic mass is 35.5. The van der Waals surface area contributed by atoms with Gasteiger partial charge in [-0.05, 0) is 55.7 Å². The molecule has 4 rings (SSSR count). The Morgan fingerprint density at radius 2 is 1.82 bits per heavy atom. The molecular weight excluding hydrogens is 393 g/mol. The summed E-state index contributed by atoms with van der Waals surface area (Å²) in [6.45, 7) is 5.34. The second-order valence-corrected chi connectivity index (χ2v) is 7.57. The number of hydrogen-bond donors (Lipinski definition) is 1. The first-order chi connectivity index (χ1) is 13.0. The molecular formula is C22H23Cl2N3O. The molecule has 1 N–H and O–H groups in total. The lowest BCUT2D eigenvalue weighted by Gasteiger charge is -2.10. The minimum Gasteiger partial charge on any atom is -1.00 e. The zero-order valence-corrected chi connectivity index (χ0v) is 17.5. The van der Waals surface area contributed by atoms with Crippen molar-refractivity contribution in [2.24, 2.45) is 0 Å². The molecule has 1 aliphatic rings. The van der Waals surface area contributed by atoms with Crippen LogP contribution >= 0.6 is 11.6 Å². The van der Waals surface area contributed by atoms with Crippen LogP contribution in [0.2, 0.25) is 5.02 Å². The monoisotopic (exact) mass is 415 g/mol. The Hall–Kier alpha value is -2.30. The first-order valence-corrected chi connectivity index (χ1v) is 9.64. The molecule has 4 nitrogen and oxygen atoms in total. The SMILES string of the molecule is Cc1cccc(C)c1NC(=O)C[n+]1cc(-c2ccc(Cl)cc2)n2c1CCC2.[Cl-]. The van der Waals surface area contributed by atoms with Gasteiger partial charge >= 0.3 is 0 Å². The van der Waals surface area contributed by atoms with Crippen LogP contribution in [-0.4, -0.2) is 10.5 Å². The zero-order chi connectivity index (χ0) is 19.0. The van der Waals surface area contributed by atoms with Crippen LogP contribution < -0.4 is 22.3 Å². The number of aromatic nitrogens is 2. The Kier molecular flexibility index (Phi) is 6.11. The summed E-state index contributed by atoms with van der Waals surface area (Å²) in [7, 11) is 0. The third kappa shape index (κ3) is 3.94. The van der Waals surface area contributed by atoms with Gasteiger partial charge in [0.2, 0.25) is 0 Å². The topological polar surface area (TPSA) is 37.9 Å². The number of anilines is 1. The van der Waals surface area contributed by atoms with Crippen molar-refractivity contribution in [2.45, 2.75) is 39.8 Å². The lowest BCUT2D eigenvalue weighted by Crippen LogP contribution is -3.00. The highest BCUT2D eigenvalue weighted by Crippen LogP contribution is 2.26. The molecule has 0 bridgehead atoms. The maximum Gasteiger partial charge on any atom is 0.266 e. The summed E-state index contributed by atoms with van der Waals surface area (Å²) in [6, 6.07) is 13.9. The summed E-state index contributed by atoms with van der Waals surface area (Å²) in [4.78, 5) is 12.7. The van der Waals surface area contributed by atoms with E-state index in [9.17, 15) is 4.79 Å². The van der Waals surface area contributed by atoms with E-state index in [0.717, 1.165) is 52.5 Å². The minimum absolute atomic E-state index is 0. The number of nitrogens with zero attached hydrogens (tertiary/aromatic N) is 2. The van der Waals surface area contributed by atoms with Crippen LogP contribution in [0.1, 0.15) is 23.4 Å². The summed E-state index contributed by atoms with van der Waals surface area (Å²) in [5, 5.41) is 3.82. The number of imidazole rings is 1. The van der Waals surface area contributed by atoms with E-state index in [4.69, 9.17) is 11.6 Å². The van der Waals surface area contributed by atoms with Gasteiger partial charge in [0.1, 0.15) is 6.20 Å². The number of amides is 1. The van der Waals surface area contributed by atoms with Crippen molar-refractivity contribution in [3.8, 4) is 11.3 Å². The second kappa shape index (κ2) is 8.38. The first-order valence-electron chi connectivity index (χ1n) is 9.27. The van der Waals surface area contributed by atoms with Crippen LogP contribution in [0, 0.1) is 13.8 Å². The molecule has 0 saturated heterocycles. The van der Waals surface area contributed by atoms with E-state index < -0.39 is 0 Å². The standard InChI is InChI=1S/C22H22ClN3O.ClH/c1-15-5-3-6-16(2)22(15)24-20(27)14-25-13-19(26-12-4-7-21(25)26)17-8-10-18(23)11-9-17;/h3,5-6,8-11,13H,4,7,12,14H2,1-2H3;1H. The molecule has 0 atom stereocenters. The van der Waals surface area contributed by atoms with Crippen LogP contribution in [0.25, 0.3) is 11.3 Å². The maximum atomic E-state index is 12.7. The van der Waals surface area contributed by atoms with E-state index in [0.29, 0.717) is 6.54 Å². The number of rotatable bonds is 4. The van der Waals surface area contributed by atoms with Gasteiger partial charge in [0.15, 0.2) is 12.2 Å². The van der Waals surface area contributed by atoms with E-state index in [1.807, 2.05) is 56.3 Å². The number of hydrogen-bond acceptors (Lipinski definition) is 1. The largest absolute Gasteiger partial charge is 1.00 e. The van der Waals surface area contributed by atoms with Crippen LogP contribution in [-0.2, 0) is 24.3 Å². The lowest BCUT2D eigenvalue weighted by molar-refractivity contribution is -0.690. The molecule has 1 aromatic heterocycles. The first kappa shape index (κ1) is 20.4. The Morgan fingerprint density at radius 3 is 2.50 bits per heavy atom. The fourth-order valence-electron chi connectivity index (χ4n) is 3.84. The zero-order valence-electron chi connectivity index (χ0n) is 16.0. The third-order valence-electron chi connectivity index (χ3n) is 5.19. The fourth-order valence-corrected chi connectivity index (χ4v) is 3.97. The van der Waals surface area contributed by atoms with Gasteiger partial charge in [-0.3, -0.25) is 4.79 Å². The molecule has 6 heteroatoms. The molecule has 0 unspecified atom stereocenters. The highest BCUT2D eigenvalue weighted by Gasteiger charge is 2.29. The lowest BCUT2D eigenvalue weighted by atomic mass is 10.1. The number of aryl methyl sites for hydroxylation is 2. The van der Waals surface area contributed by atoms with Crippen molar-refractivity contribution in [3.63, 3.8) is 0 Å². The Labute approximate surface area is 176 Å². The number of halogens is 2. The van der Waals surface area contributed by atoms with Crippen molar-refractivity contribution in [3.05, 3.63) is 70.6 Å². The Bertz CT molecular complexity index is 989. The Balaban J connectivity index is 0.00000225. The molecule has 0 spiro atoms. The van der Waals surface area contributed by atoms with Gasteiger partial charge in [-0.2, -0.15) is 0 Å². The predicted octanol–water partition coefficient (Wildman–Crippen LogP) is 1.30. The van der Waals surface area contributed by atoms with E-state index in [2.05, 4.69) is 20.6 Å². The summed E-state index contributed by atoms with van der Waals surface area (Å²) in [6.07, 6.45) is 4.18. The summed E-state index contributed by atoms with van der Waals surface area (Å²) < 4.78 is 4.40. The summed E-state index contributed by atoms with van der Waals surface area (Å²) in [5.74, 6) is 1.21. The number of carbonyl (C=O) groups excluding carboxylic acids is 1. The molecule has 0 aliphatic carbocycles. The quantitative estimate of drug-likeness (QED) is 0.640. The van der Waals surface area contributed by atoms with Crippen molar-refractivity contribution < 1.29 is 21.8 Å². The van der Waals surface area contributed by atoms with Crippen molar-refractivity contribution in [1.29, 1.82) is 0 Å². The molecule has 0 radical (unpaired) electrons. The number of benzene rings is 2. The Morgan fingerprint density at radius 1 is 1.14 bits per heavy atom. The highest BCUT2D eigenvalue weighted by molar-refractivity contribution is 6.30. The molecule has 1 aliphatic heterocycles. The second-order valence-electron chi connectivity index (χ2n) is 7.14. The van der Waals surface area contributed by atoms with Gasteiger partial charge in [0.25, 0.3) is 11.7 Å². The van der Waals surface area contributed by atoms with Gasteiger partial charge in [-0.15, -0.1) is 0 Å². The predicted molar refractivity (Wildman–Crippen MR) is 108 cm³/mol. The van der Waals surface area contributed by atoms with E-state index in [1.54, 1.807) is 0 Å². The number of carbonyl (C=O) groups is 1. The van der Waals surface area contributed by atoms with Crippen molar-refractivity contribution in [1.82, 2.24) is 4.57 Å². The van der Waals surface area contributed by atoms with Gasteiger partial charge in [0, 0.05) is 16.3 Å². The normalized spacial score (nSPS) is 12.4. The molecule has 2 aromatic carbocycles. The van der Waals surface area contributed by atoms with Gasteiger partial charge in [0.05, 0.1) is 13.0 Å². The van der Waals surface area contributed by atoms with Crippen LogP contribution in [0.3, 0.4) is 0 Å². The van der Waals surface area contributed by atoms with Gasteiger partial charge in [-0.1, -0.05) is 29.8 Å². The van der Waals surface area contributed by atoms with E-state index >= 15 is 0 Å². The maximum absolute atomic E-state index is 12.7. The molecule has 2 heterocycles. The van der Waals surface area contributed by atoms with E-state index in [-0.39, 0.29) is 18.3 Å². The molecule has 3 aromatic rings. The molecule has 0 saturated carbocycles. The molecule has 28 heavy (non-hydrogen) atoms. The molecule has 146 valence electrons. The van der Waals surface area contributed by atoms with Crippen molar-refractivity contribution >= 4 is 23.2 Å². The van der Waals surface area contributed by atoms with E-state index in [1.165, 1.54) is 5.82 Å². The molecule has 0 fully saturated rings. The summed E-state index contributed by atoms with van der Waals surface area (Å²) >= 11 is 6.03. The average Bonchev–Trinajstić information content (AvgIpc) is 3.23. The van der Waals surface area contributed by atoms with Gasteiger partial charge in [-0.25, -0.2) is 9.13 Å². The van der Waals surface area contributed by atoms with Crippen molar-refractivity contribution in [2.75, 3.05) is 5.32 Å².